The van der Waals surface area contributed by atoms with E-state index in [1.165, 1.54) is 154 Å². The molecule has 0 rings (SSSR count). The van der Waals surface area contributed by atoms with Gasteiger partial charge in [0.25, 0.3) is 0 Å². The first-order chi connectivity index (χ1) is 18.8. The van der Waals surface area contributed by atoms with Crippen molar-refractivity contribution in [3.63, 3.8) is 0 Å². The van der Waals surface area contributed by atoms with Crippen molar-refractivity contribution >= 4 is 0 Å². The average Bonchev–Trinajstić information content (AvgIpc) is 2.93. The van der Waals surface area contributed by atoms with Gasteiger partial charge in [0, 0.05) is 41.1 Å². The van der Waals surface area contributed by atoms with Crippen molar-refractivity contribution in [1.82, 2.24) is 4.90 Å². The van der Waals surface area contributed by atoms with Crippen LogP contribution in [0.3, 0.4) is 0 Å². The van der Waals surface area contributed by atoms with E-state index < -0.39 is 0 Å². The van der Waals surface area contributed by atoms with Crippen LogP contribution in [0.15, 0.2) is 0 Å². The molecule has 0 N–H and O–H groups in total. The molecule has 0 aromatic heterocycles. The Kier molecular flexibility index (Phi) is 34.6. The van der Waals surface area contributed by atoms with E-state index in [0.717, 1.165) is 26.4 Å². The number of hydrogen-bond donors (Lipinski definition) is 0. The molecule has 0 radical (unpaired) electrons. The fourth-order valence-electron chi connectivity index (χ4n) is 5.12. The highest BCUT2D eigenvalue weighted by Gasteiger charge is 2.05. The van der Waals surface area contributed by atoms with Gasteiger partial charge in [-0.3, -0.25) is 0 Å². The maximum Gasteiger partial charge on any atom is 0.0700 e. The van der Waals surface area contributed by atoms with E-state index in [0.29, 0.717) is 13.2 Å². The molecule has 5 nitrogen and oxygen atoms in total. The third kappa shape index (κ3) is 32.0. The van der Waals surface area contributed by atoms with Gasteiger partial charge in [-0.25, -0.2) is 0 Å². The molecule has 0 unspecified atom stereocenters. The lowest BCUT2D eigenvalue weighted by Crippen LogP contribution is -2.30. The highest BCUT2D eigenvalue weighted by Crippen LogP contribution is 2.13. The Labute approximate surface area is 239 Å². The lowest BCUT2D eigenvalue weighted by atomic mass is 10.1. The monoisotopic (exact) mass is 544 g/mol. The maximum atomic E-state index is 5.76. The largest absolute Gasteiger partial charge is 0.385 e. The zero-order valence-electron chi connectivity index (χ0n) is 26.3. The normalized spacial score (nSPS) is 11.7. The first kappa shape index (κ1) is 37.8. The second kappa shape index (κ2) is 34.8. The molecule has 0 fully saturated rings. The Hall–Kier alpha value is -0.200. The highest BCUT2D eigenvalue weighted by atomic mass is 16.5. The molecule has 230 valence electrons. The van der Waals surface area contributed by atoms with Crippen molar-refractivity contribution in [2.45, 2.75) is 141 Å². The van der Waals surface area contributed by atoms with E-state index in [2.05, 4.69) is 4.90 Å². The minimum Gasteiger partial charge on any atom is -0.385 e. The molecule has 0 aliphatic carbocycles. The van der Waals surface area contributed by atoms with Crippen molar-refractivity contribution in [3.05, 3.63) is 0 Å². The van der Waals surface area contributed by atoms with Gasteiger partial charge in [-0.15, -0.1) is 0 Å². The van der Waals surface area contributed by atoms with Crippen LogP contribution in [0.25, 0.3) is 0 Å². The molecule has 0 saturated heterocycles. The molecule has 0 heterocycles. The molecule has 0 aliphatic rings. The predicted octanol–water partition coefficient (Wildman–Crippen LogP) is 8.83. The first-order valence-electron chi connectivity index (χ1n) is 16.6. The summed E-state index contributed by atoms with van der Waals surface area (Å²) in [4.78, 5) is 2.65. The molecule has 0 bridgehead atoms. The summed E-state index contributed by atoms with van der Waals surface area (Å²) in [5.74, 6) is 0. The lowest BCUT2D eigenvalue weighted by Gasteiger charge is -2.22. The second-order valence-electron chi connectivity index (χ2n) is 11.2. The minimum atomic E-state index is 0.696. The van der Waals surface area contributed by atoms with Crippen LogP contribution in [0, 0.1) is 0 Å². The first-order valence-corrected chi connectivity index (χ1v) is 16.6. The quantitative estimate of drug-likeness (QED) is 0.0758. The van der Waals surface area contributed by atoms with Crippen molar-refractivity contribution in [1.29, 1.82) is 0 Å². The summed E-state index contributed by atoms with van der Waals surface area (Å²) in [7, 11) is 5.34. The summed E-state index contributed by atoms with van der Waals surface area (Å²) in [6, 6.07) is 0. The van der Waals surface area contributed by atoms with E-state index in [1.54, 1.807) is 21.3 Å². The lowest BCUT2D eigenvalue weighted by molar-refractivity contribution is 0.0565. The van der Waals surface area contributed by atoms with Crippen LogP contribution in [0.4, 0.5) is 0 Å². The average molecular weight is 544 g/mol. The number of hydrogen-bond acceptors (Lipinski definition) is 5. The van der Waals surface area contributed by atoms with Crippen LogP contribution in [-0.2, 0) is 18.9 Å². The van der Waals surface area contributed by atoms with Gasteiger partial charge in [0.2, 0.25) is 0 Å². The van der Waals surface area contributed by atoms with Crippen LogP contribution in [0.1, 0.15) is 141 Å². The molecule has 38 heavy (non-hydrogen) atoms. The number of rotatable bonds is 34. The molecule has 0 spiro atoms. The van der Waals surface area contributed by atoms with Crippen LogP contribution >= 0.6 is 0 Å². The number of ether oxygens (including phenoxy) is 4. The summed E-state index contributed by atoms with van der Waals surface area (Å²) >= 11 is 0. The Balaban J connectivity index is 3.70. The van der Waals surface area contributed by atoms with Crippen molar-refractivity contribution < 1.29 is 18.9 Å². The van der Waals surface area contributed by atoms with Gasteiger partial charge in [-0.1, -0.05) is 116 Å². The molecule has 0 saturated carbocycles. The third-order valence-electron chi connectivity index (χ3n) is 7.63. The molecular formula is C33H69NO4. The van der Waals surface area contributed by atoms with E-state index >= 15 is 0 Å². The molecule has 0 amide bonds. The van der Waals surface area contributed by atoms with Crippen molar-refractivity contribution in [2.24, 2.45) is 0 Å². The van der Waals surface area contributed by atoms with Gasteiger partial charge in [0.05, 0.1) is 19.8 Å². The van der Waals surface area contributed by atoms with E-state index in [1.807, 2.05) is 0 Å². The van der Waals surface area contributed by atoms with E-state index in [9.17, 15) is 0 Å². The Bertz CT molecular complexity index is 380. The summed E-state index contributed by atoms with van der Waals surface area (Å²) in [6.07, 6.45) is 30.3. The third-order valence-corrected chi connectivity index (χ3v) is 7.63. The minimum absolute atomic E-state index is 0.696. The van der Waals surface area contributed by atoms with Gasteiger partial charge >= 0.3 is 0 Å². The standard InChI is InChI=1S/C33H69NO4/c1-35-29-24-20-16-12-8-4-6-10-14-18-22-26-34(28-31-38-33-32-37-3)27-23-19-15-11-7-5-9-13-17-21-25-30-36-2/h4-33H2,1-3H3. The fraction of sp³-hybridized carbons (Fsp3) is 1.00. The van der Waals surface area contributed by atoms with E-state index in [4.69, 9.17) is 18.9 Å². The van der Waals surface area contributed by atoms with Gasteiger partial charge < -0.3 is 23.8 Å². The fourth-order valence-corrected chi connectivity index (χ4v) is 5.12. The smallest absolute Gasteiger partial charge is 0.0700 e. The predicted molar refractivity (Wildman–Crippen MR) is 164 cm³/mol. The summed E-state index contributed by atoms with van der Waals surface area (Å²) < 4.78 is 21.1. The Morgan fingerprint density at radius 1 is 0.289 bits per heavy atom. The van der Waals surface area contributed by atoms with Crippen LogP contribution in [0.5, 0.6) is 0 Å². The number of methoxy groups -OCH3 is 3. The summed E-state index contributed by atoms with van der Waals surface area (Å²) in [6.45, 7) is 7.63. The molecule has 0 aromatic rings. The van der Waals surface area contributed by atoms with Crippen molar-refractivity contribution in [2.75, 3.05) is 74.0 Å². The Morgan fingerprint density at radius 2 is 0.605 bits per heavy atom. The molecule has 0 aliphatic heterocycles. The molecule has 5 heteroatoms. The Morgan fingerprint density at radius 3 is 0.947 bits per heavy atom. The van der Waals surface area contributed by atoms with Gasteiger partial charge in [-0.2, -0.15) is 0 Å². The van der Waals surface area contributed by atoms with Gasteiger partial charge in [0.1, 0.15) is 0 Å². The highest BCUT2D eigenvalue weighted by molar-refractivity contribution is 4.60. The zero-order valence-corrected chi connectivity index (χ0v) is 26.3. The van der Waals surface area contributed by atoms with E-state index in [-0.39, 0.29) is 0 Å². The SMILES string of the molecule is COCCCCCCCCCCCCCN(CCCCCCCCCCCCCOC)CCOCCOC. The number of unbranched alkanes of at least 4 members (excludes halogenated alkanes) is 20. The summed E-state index contributed by atoms with van der Waals surface area (Å²) in [5, 5.41) is 0. The molecule has 0 aromatic carbocycles. The molecular weight excluding hydrogens is 474 g/mol. The second-order valence-corrected chi connectivity index (χ2v) is 11.2. The van der Waals surface area contributed by atoms with Crippen LogP contribution < -0.4 is 0 Å². The topological polar surface area (TPSA) is 40.2 Å². The zero-order chi connectivity index (χ0) is 27.6. The maximum absolute atomic E-state index is 5.76. The summed E-state index contributed by atoms with van der Waals surface area (Å²) in [5.41, 5.74) is 0. The van der Waals surface area contributed by atoms with Crippen molar-refractivity contribution in [3.8, 4) is 0 Å². The van der Waals surface area contributed by atoms with Crippen LogP contribution in [0.2, 0.25) is 0 Å². The van der Waals surface area contributed by atoms with Gasteiger partial charge in [-0.05, 0) is 38.8 Å². The van der Waals surface area contributed by atoms with Crippen LogP contribution in [-0.4, -0.2) is 78.9 Å². The van der Waals surface area contributed by atoms with Gasteiger partial charge in [0.15, 0.2) is 0 Å². The number of nitrogens with zero attached hydrogens (tertiary/aromatic N) is 1. The molecule has 0 atom stereocenters.